The topological polar surface area (TPSA) is 69.6 Å². The van der Waals surface area contributed by atoms with Crippen LogP contribution in [-0.2, 0) is 4.79 Å². The normalized spacial score (nSPS) is 13.3. The number of carbonyl (C=O) groups is 1. The monoisotopic (exact) mass is 716 g/mol. The van der Waals surface area contributed by atoms with Gasteiger partial charge in [0, 0.05) is 6.42 Å². The summed E-state index contributed by atoms with van der Waals surface area (Å²) < 4.78 is 0. The maximum Gasteiger partial charge on any atom is 0.220 e. The summed E-state index contributed by atoms with van der Waals surface area (Å²) in [5, 5.41) is 22.9. The Morgan fingerprint density at radius 1 is 0.451 bits per heavy atom. The third-order valence-corrected chi connectivity index (χ3v) is 10.3. The van der Waals surface area contributed by atoms with Crippen molar-refractivity contribution in [3.8, 4) is 0 Å². The van der Waals surface area contributed by atoms with E-state index in [-0.39, 0.29) is 12.5 Å². The minimum atomic E-state index is -0.858. The van der Waals surface area contributed by atoms with Crippen LogP contribution in [0.3, 0.4) is 0 Å². The van der Waals surface area contributed by atoms with E-state index in [2.05, 4.69) is 43.5 Å². The first-order valence-corrected chi connectivity index (χ1v) is 22.7. The molecule has 0 aliphatic carbocycles. The van der Waals surface area contributed by atoms with Gasteiger partial charge in [0.2, 0.25) is 5.91 Å². The van der Waals surface area contributed by atoms with Gasteiger partial charge in [-0.15, -0.1) is 0 Å². The van der Waals surface area contributed by atoms with Crippen molar-refractivity contribution < 1.29 is 15.0 Å². The molecular weight excluding hydrogens is 627 g/mol. The van der Waals surface area contributed by atoms with Crippen LogP contribution in [0.5, 0.6) is 0 Å². The first-order valence-electron chi connectivity index (χ1n) is 22.7. The molecule has 0 saturated carbocycles. The average molecular weight is 716 g/mol. The summed E-state index contributed by atoms with van der Waals surface area (Å²) in [5.41, 5.74) is 0. The number of nitrogens with one attached hydrogen (secondary N) is 1. The summed E-state index contributed by atoms with van der Waals surface area (Å²) in [7, 11) is 0. The van der Waals surface area contributed by atoms with Crippen LogP contribution in [-0.4, -0.2) is 34.9 Å². The molecule has 0 radical (unpaired) electrons. The second kappa shape index (κ2) is 43.0. The van der Waals surface area contributed by atoms with E-state index in [0.717, 1.165) is 32.1 Å². The van der Waals surface area contributed by atoms with Gasteiger partial charge in [0.15, 0.2) is 0 Å². The van der Waals surface area contributed by atoms with E-state index < -0.39 is 12.1 Å². The maximum absolute atomic E-state index is 12.3. The van der Waals surface area contributed by atoms with Gasteiger partial charge in [0.25, 0.3) is 0 Å². The summed E-state index contributed by atoms with van der Waals surface area (Å²) in [6, 6.07) is -0.635. The molecule has 0 aromatic rings. The molecule has 300 valence electrons. The molecule has 0 fully saturated rings. The van der Waals surface area contributed by atoms with E-state index in [9.17, 15) is 15.0 Å². The van der Waals surface area contributed by atoms with E-state index in [1.807, 2.05) is 6.08 Å². The highest BCUT2D eigenvalue weighted by molar-refractivity contribution is 5.76. The second-order valence-corrected chi connectivity index (χ2v) is 15.5. The van der Waals surface area contributed by atoms with Crippen molar-refractivity contribution in [1.82, 2.24) is 5.32 Å². The molecule has 0 spiro atoms. The predicted molar refractivity (Wildman–Crippen MR) is 225 cm³/mol. The SMILES string of the molecule is CCCCCC/C=C/CC/C=C/C(O)C(CO)NC(=O)CCCCCCCCCCCCCCC/C=C\CCCCCCCCCCCCCC. The summed E-state index contributed by atoms with van der Waals surface area (Å²) in [6.07, 6.45) is 57.1. The van der Waals surface area contributed by atoms with Crippen molar-refractivity contribution in [2.45, 2.75) is 251 Å². The molecule has 4 heteroatoms. The largest absolute Gasteiger partial charge is 0.394 e. The smallest absolute Gasteiger partial charge is 0.220 e. The maximum atomic E-state index is 12.3. The number of rotatable bonds is 41. The van der Waals surface area contributed by atoms with E-state index in [0.29, 0.717) is 6.42 Å². The molecule has 3 N–H and O–H groups in total. The molecular formula is C47H89NO3. The van der Waals surface area contributed by atoms with E-state index in [4.69, 9.17) is 0 Å². The number of amides is 1. The van der Waals surface area contributed by atoms with E-state index in [1.54, 1.807) is 6.08 Å². The number of carbonyl (C=O) groups excluding carboxylic acids is 1. The molecule has 0 rings (SSSR count). The molecule has 0 aliphatic heterocycles. The first-order chi connectivity index (χ1) is 25.2. The standard InChI is InChI=1S/C47H89NO3/c1-3-5-7-9-11-13-15-16-17-18-19-20-21-22-23-24-25-26-27-28-29-30-31-32-33-35-37-39-41-43-47(51)48-45(44-49)46(50)42-40-38-36-34-14-12-10-8-6-4-2/h14,22-23,34,40,42,45-46,49-50H,3-13,15-21,24-33,35-39,41,43-44H2,1-2H3,(H,48,51)/b23-22-,34-14+,42-40+. The third kappa shape index (κ3) is 39.6. The number of hydrogen-bond donors (Lipinski definition) is 3. The van der Waals surface area contributed by atoms with E-state index in [1.165, 1.54) is 186 Å². The van der Waals surface area contributed by atoms with Crippen LogP contribution in [0.1, 0.15) is 239 Å². The predicted octanol–water partition coefficient (Wildman–Crippen LogP) is 14.2. The van der Waals surface area contributed by atoms with Crippen molar-refractivity contribution in [2.75, 3.05) is 6.61 Å². The van der Waals surface area contributed by atoms with Crippen molar-refractivity contribution in [2.24, 2.45) is 0 Å². The summed E-state index contributed by atoms with van der Waals surface area (Å²) in [5.74, 6) is -0.0750. The van der Waals surface area contributed by atoms with Crippen LogP contribution in [0.2, 0.25) is 0 Å². The molecule has 2 unspecified atom stereocenters. The molecule has 4 nitrogen and oxygen atoms in total. The minimum Gasteiger partial charge on any atom is -0.394 e. The highest BCUT2D eigenvalue weighted by Gasteiger charge is 2.17. The van der Waals surface area contributed by atoms with Gasteiger partial charge < -0.3 is 15.5 Å². The second-order valence-electron chi connectivity index (χ2n) is 15.5. The highest BCUT2D eigenvalue weighted by Crippen LogP contribution is 2.15. The Morgan fingerprint density at radius 2 is 0.765 bits per heavy atom. The molecule has 0 saturated heterocycles. The van der Waals surface area contributed by atoms with Gasteiger partial charge in [0.05, 0.1) is 18.8 Å². The summed E-state index contributed by atoms with van der Waals surface area (Å²) in [4.78, 5) is 12.3. The van der Waals surface area contributed by atoms with Crippen LogP contribution in [0.25, 0.3) is 0 Å². The number of hydrogen-bond acceptors (Lipinski definition) is 3. The lowest BCUT2D eigenvalue weighted by Gasteiger charge is -2.19. The summed E-state index contributed by atoms with van der Waals surface area (Å²) >= 11 is 0. The Bertz CT molecular complexity index is 775. The molecule has 0 aliphatic rings. The quantitative estimate of drug-likeness (QED) is 0.0436. The minimum absolute atomic E-state index is 0.0750. The van der Waals surface area contributed by atoms with Gasteiger partial charge in [-0.1, -0.05) is 211 Å². The van der Waals surface area contributed by atoms with Gasteiger partial charge in [-0.05, 0) is 57.8 Å². The zero-order valence-electron chi connectivity index (χ0n) is 34.4. The zero-order valence-corrected chi connectivity index (χ0v) is 34.4. The summed E-state index contributed by atoms with van der Waals surface area (Å²) in [6.45, 7) is 4.27. The number of aliphatic hydroxyl groups is 2. The van der Waals surface area contributed by atoms with Crippen LogP contribution >= 0.6 is 0 Å². The van der Waals surface area contributed by atoms with Crippen LogP contribution in [0.15, 0.2) is 36.5 Å². The Balaban J connectivity index is 3.46. The Labute approximate surface area is 319 Å². The number of allylic oxidation sites excluding steroid dienone is 5. The number of aliphatic hydroxyl groups excluding tert-OH is 2. The Hall–Kier alpha value is -1.39. The van der Waals surface area contributed by atoms with Crippen LogP contribution < -0.4 is 5.32 Å². The van der Waals surface area contributed by atoms with Crippen molar-refractivity contribution in [3.05, 3.63) is 36.5 Å². The first kappa shape index (κ1) is 49.6. The van der Waals surface area contributed by atoms with Gasteiger partial charge in [0.1, 0.15) is 0 Å². The van der Waals surface area contributed by atoms with Gasteiger partial charge >= 0.3 is 0 Å². The van der Waals surface area contributed by atoms with Gasteiger partial charge in [-0.2, -0.15) is 0 Å². The molecule has 0 aromatic heterocycles. The molecule has 1 amide bonds. The molecule has 0 bridgehead atoms. The van der Waals surface area contributed by atoms with Crippen LogP contribution in [0, 0.1) is 0 Å². The fourth-order valence-electron chi connectivity index (χ4n) is 6.84. The lowest BCUT2D eigenvalue weighted by Crippen LogP contribution is -2.45. The van der Waals surface area contributed by atoms with E-state index >= 15 is 0 Å². The molecule has 2 atom stereocenters. The molecule has 51 heavy (non-hydrogen) atoms. The Kier molecular flexibility index (Phi) is 41.8. The lowest BCUT2D eigenvalue weighted by atomic mass is 10.0. The lowest BCUT2D eigenvalue weighted by molar-refractivity contribution is -0.123. The van der Waals surface area contributed by atoms with Crippen molar-refractivity contribution >= 4 is 5.91 Å². The highest BCUT2D eigenvalue weighted by atomic mass is 16.3. The van der Waals surface area contributed by atoms with Crippen LogP contribution in [0.4, 0.5) is 0 Å². The van der Waals surface area contributed by atoms with Gasteiger partial charge in [-0.25, -0.2) is 0 Å². The molecule has 0 heterocycles. The Morgan fingerprint density at radius 3 is 1.16 bits per heavy atom. The van der Waals surface area contributed by atoms with Gasteiger partial charge in [-0.3, -0.25) is 4.79 Å². The zero-order chi connectivity index (χ0) is 37.1. The fraction of sp³-hybridized carbons (Fsp3) is 0.851. The fourth-order valence-corrected chi connectivity index (χ4v) is 6.84. The molecule has 0 aromatic carbocycles. The number of unbranched alkanes of at least 4 members (excludes halogenated alkanes) is 30. The van der Waals surface area contributed by atoms with Crippen molar-refractivity contribution in [1.29, 1.82) is 0 Å². The third-order valence-electron chi connectivity index (χ3n) is 10.3. The average Bonchev–Trinajstić information content (AvgIpc) is 3.13. The van der Waals surface area contributed by atoms with Crippen molar-refractivity contribution in [3.63, 3.8) is 0 Å².